The summed E-state index contributed by atoms with van der Waals surface area (Å²) in [6.45, 7) is 2.16. The van der Waals surface area contributed by atoms with Crippen molar-refractivity contribution in [2.75, 3.05) is 26.2 Å². The van der Waals surface area contributed by atoms with Crippen molar-refractivity contribution in [2.24, 2.45) is 0 Å². The SMILES string of the molecule is Cl.O=C(O)CCN1CCOC(c2ccc(S(=O)(=O)c3c(Cl)cccc3Cl)cc2)C1. The number of morpholine rings is 1. The van der Waals surface area contributed by atoms with Crippen LogP contribution in [-0.2, 0) is 19.4 Å². The highest BCUT2D eigenvalue weighted by molar-refractivity contribution is 7.91. The Morgan fingerprint density at radius 2 is 1.76 bits per heavy atom. The molecule has 1 N–H and O–H groups in total. The van der Waals surface area contributed by atoms with E-state index < -0.39 is 15.8 Å². The Balaban J connectivity index is 0.00000300. The monoisotopic (exact) mass is 479 g/mol. The number of hydrogen-bond acceptors (Lipinski definition) is 5. The van der Waals surface area contributed by atoms with Crippen LogP contribution in [0.15, 0.2) is 52.3 Å². The molecule has 3 rings (SSSR count). The number of carboxylic acids is 1. The van der Waals surface area contributed by atoms with E-state index in [1.54, 1.807) is 18.2 Å². The third-order valence-electron chi connectivity index (χ3n) is 4.54. The van der Waals surface area contributed by atoms with Crippen LogP contribution in [0.5, 0.6) is 0 Å². The van der Waals surface area contributed by atoms with E-state index in [2.05, 4.69) is 0 Å². The first-order chi connectivity index (χ1) is 13.3. The Kier molecular flexibility index (Phi) is 8.34. The van der Waals surface area contributed by atoms with E-state index in [4.69, 9.17) is 33.0 Å². The number of aliphatic carboxylic acids is 1. The van der Waals surface area contributed by atoms with Gasteiger partial charge in [-0.15, -0.1) is 12.4 Å². The van der Waals surface area contributed by atoms with Gasteiger partial charge in [0.05, 0.1) is 34.1 Å². The molecule has 0 saturated carbocycles. The van der Waals surface area contributed by atoms with Crippen molar-refractivity contribution in [3.05, 3.63) is 58.1 Å². The second-order valence-corrected chi connectivity index (χ2v) is 9.13. The molecule has 2 aromatic rings. The summed E-state index contributed by atoms with van der Waals surface area (Å²) in [7, 11) is -3.86. The largest absolute Gasteiger partial charge is 0.481 e. The summed E-state index contributed by atoms with van der Waals surface area (Å²) in [5.41, 5.74) is 0.823. The first-order valence-electron chi connectivity index (χ1n) is 8.64. The van der Waals surface area contributed by atoms with E-state index in [1.807, 2.05) is 4.90 Å². The first-order valence-corrected chi connectivity index (χ1v) is 10.9. The fourth-order valence-corrected chi connectivity index (χ4v) is 5.47. The Morgan fingerprint density at radius 3 is 2.34 bits per heavy atom. The number of nitrogens with zero attached hydrogens (tertiary/aromatic N) is 1. The summed E-state index contributed by atoms with van der Waals surface area (Å²) in [6, 6.07) is 11.0. The van der Waals surface area contributed by atoms with Gasteiger partial charge in [-0.25, -0.2) is 8.42 Å². The highest BCUT2D eigenvalue weighted by Gasteiger charge is 2.26. The Labute approximate surface area is 185 Å². The topological polar surface area (TPSA) is 83.9 Å². The van der Waals surface area contributed by atoms with Crippen LogP contribution < -0.4 is 0 Å². The first kappa shape index (κ1) is 23.9. The quantitative estimate of drug-likeness (QED) is 0.670. The van der Waals surface area contributed by atoms with Crippen molar-refractivity contribution in [3.63, 3.8) is 0 Å². The molecule has 0 bridgehead atoms. The summed E-state index contributed by atoms with van der Waals surface area (Å²) in [4.78, 5) is 12.8. The number of benzene rings is 2. The number of carboxylic acid groups (broad SMARTS) is 1. The zero-order chi connectivity index (χ0) is 20.3. The van der Waals surface area contributed by atoms with Gasteiger partial charge >= 0.3 is 5.97 Å². The molecule has 1 saturated heterocycles. The summed E-state index contributed by atoms with van der Waals surface area (Å²) in [5, 5.41) is 8.97. The molecule has 1 atom stereocenters. The number of sulfone groups is 1. The molecule has 0 amide bonds. The summed E-state index contributed by atoms with van der Waals surface area (Å²) >= 11 is 12.1. The molecular formula is C19H20Cl3NO5S. The Bertz CT molecular complexity index is 946. The maximum Gasteiger partial charge on any atom is 0.304 e. The molecule has 0 aliphatic carbocycles. The lowest BCUT2D eigenvalue weighted by atomic mass is 10.1. The van der Waals surface area contributed by atoms with Gasteiger partial charge in [-0.1, -0.05) is 41.4 Å². The van der Waals surface area contributed by atoms with E-state index in [0.29, 0.717) is 26.2 Å². The van der Waals surface area contributed by atoms with E-state index in [1.165, 1.54) is 24.3 Å². The second kappa shape index (κ2) is 10.1. The van der Waals surface area contributed by atoms with Crippen LogP contribution in [0.1, 0.15) is 18.1 Å². The highest BCUT2D eigenvalue weighted by Crippen LogP contribution is 2.34. The van der Waals surface area contributed by atoms with Gasteiger partial charge in [-0.05, 0) is 29.8 Å². The minimum Gasteiger partial charge on any atom is -0.481 e. The molecule has 1 unspecified atom stereocenters. The molecular weight excluding hydrogens is 461 g/mol. The van der Waals surface area contributed by atoms with Crippen LogP contribution in [0.4, 0.5) is 0 Å². The van der Waals surface area contributed by atoms with Gasteiger partial charge in [-0.2, -0.15) is 0 Å². The number of halogens is 3. The van der Waals surface area contributed by atoms with E-state index in [-0.39, 0.29) is 44.8 Å². The zero-order valence-corrected chi connectivity index (χ0v) is 18.4. The molecule has 1 fully saturated rings. The normalized spacial score (nSPS) is 17.5. The minimum atomic E-state index is -3.86. The average molecular weight is 481 g/mol. The van der Waals surface area contributed by atoms with Crippen LogP contribution >= 0.6 is 35.6 Å². The van der Waals surface area contributed by atoms with Crippen molar-refractivity contribution >= 4 is 51.4 Å². The van der Waals surface area contributed by atoms with Crippen LogP contribution in [-0.4, -0.2) is 50.6 Å². The Hall–Kier alpha value is -1.35. The van der Waals surface area contributed by atoms with Crippen LogP contribution in [0.2, 0.25) is 10.0 Å². The molecule has 0 radical (unpaired) electrons. The summed E-state index contributed by atoms with van der Waals surface area (Å²) in [6.07, 6.45) is -0.175. The van der Waals surface area contributed by atoms with Gasteiger partial charge in [0.2, 0.25) is 9.84 Å². The van der Waals surface area contributed by atoms with Gasteiger partial charge in [0, 0.05) is 19.6 Å². The molecule has 1 aliphatic heterocycles. The lowest BCUT2D eigenvalue weighted by molar-refractivity contribution is -0.137. The maximum atomic E-state index is 12.9. The van der Waals surface area contributed by atoms with Gasteiger partial charge < -0.3 is 9.84 Å². The molecule has 1 heterocycles. The Morgan fingerprint density at radius 1 is 1.14 bits per heavy atom. The van der Waals surface area contributed by atoms with Gasteiger partial charge in [-0.3, -0.25) is 9.69 Å². The van der Waals surface area contributed by atoms with Crippen LogP contribution in [0, 0.1) is 0 Å². The van der Waals surface area contributed by atoms with Crippen molar-refractivity contribution in [2.45, 2.75) is 22.3 Å². The van der Waals surface area contributed by atoms with Crippen molar-refractivity contribution in [1.29, 1.82) is 0 Å². The lowest BCUT2D eigenvalue weighted by Gasteiger charge is -2.32. The molecule has 2 aromatic carbocycles. The molecule has 29 heavy (non-hydrogen) atoms. The second-order valence-electron chi connectivity index (χ2n) is 6.43. The molecule has 0 aromatic heterocycles. The van der Waals surface area contributed by atoms with Gasteiger partial charge in [0.1, 0.15) is 4.90 Å². The smallest absolute Gasteiger partial charge is 0.304 e. The molecule has 10 heteroatoms. The van der Waals surface area contributed by atoms with Crippen LogP contribution in [0.3, 0.4) is 0 Å². The molecule has 6 nitrogen and oxygen atoms in total. The maximum absolute atomic E-state index is 12.9. The highest BCUT2D eigenvalue weighted by atomic mass is 35.5. The van der Waals surface area contributed by atoms with Crippen LogP contribution in [0.25, 0.3) is 0 Å². The molecule has 0 spiro atoms. The fourth-order valence-electron chi connectivity index (χ4n) is 3.08. The average Bonchev–Trinajstić information content (AvgIpc) is 2.66. The van der Waals surface area contributed by atoms with E-state index in [0.717, 1.165) is 5.56 Å². The van der Waals surface area contributed by atoms with Gasteiger partial charge in [0.25, 0.3) is 0 Å². The number of hydrogen-bond donors (Lipinski definition) is 1. The third kappa shape index (κ3) is 5.63. The standard InChI is InChI=1S/C19H19Cl2NO5S.ClH/c20-15-2-1-3-16(21)19(15)28(25,26)14-6-4-13(5-7-14)17-12-22(10-11-27-17)9-8-18(23)24;/h1-7,17H,8-12H2,(H,23,24);1H. The predicted molar refractivity (Wildman–Crippen MR) is 113 cm³/mol. The number of ether oxygens (including phenoxy) is 1. The third-order valence-corrected chi connectivity index (χ3v) is 7.27. The van der Waals surface area contributed by atoms with E-state index in [9.17, 15) is 13.2 Å². The predicted octanol–water partition coefficient (Wildman–Crippen LogP) is 4.10. The number of rotatable bonds is 6. The number of carbonyl (C=O) groups is 1. The summed E-state index contributed by atoms with van der Waals surface area (Å²) in [5.74, 6) is -0.837. The molecule has 158 valence electrons. The van der Waals surface area contributed by atoms with Gasteiger partial charge in [0.15, 0.2) is 0 Å². The summed E-state index contributed by atoms with van der Waals surface area (Å²) < 4.78 is 31.6. The fraction of sp³-hybridized carbons (Fsp3) is 0.316. The molecule has 1 aliphatic rings. The van der Waals surface area contributed by atoms with Crippen molar-refractivity contribution in [1.82, 2.24) is 4.90 Å². The van der Waals surface area contributed by atoms with E-state index >= 15 is 0 Å². The van der Waals surface area contributed by atoms with Crippen molar-refractivity contribution < 1.29 is 23.1 Å². The minimum absolute atomic E-state index is 0. The lowest BCUT2D eigenvalue weighted by Crippen LogP contribution is -2.39. The van der Waals surface area contributed by atoms with Crippen molar-refractivity contribution in [3.8, 4) is 0 Å². The zero-order valence-electron chi connectivity index (χ0n) is 15.3.